The molecule has 1 aromatic heterocycles. The van der Waals surface area contributed by atoms with Crippen molar-refractivity contribution in [1.82, 2.24) is 25.0 Å². The topological polar surface area (TPSA) is 83.3 Å². The number of aliphatic hydroxyl groups excluding tert-OH is 1. The van der Waals surface area contributed by atoms with Crippen LogP contribution in [-0.2, 0) is 13.0 Å². The number of carbonyl (C=O) groups excluding carboxylic acids is 1. The first-order chi connectivity index (χ1) is 16.2. The van der Waals surface area contributed by atoms with Gasteiger partial charge in [-0.2, -0.15) is 0 Å². The molecule has 0 spiro atoms. The first-order valence-electron chi connectivity index (χ1n) is 11.6. The molecule has 1 unspecified atom stereocenters. The largest absolute Gasteiger partial charge is 0.394 e. The molecular formula is C26H36FN5O2. The predicted molar refractivity (Wildman–Crippen MR) is 134 cm³/mol. The van der Waals surface area contributed by atoms with Crippen molar-refractivity contribution in [2.24, 2.45) is 0 Å². The molecule has 1 aromatic carbocycles. The lowest BCUT2D eigenvalue weighted by atomic mass is 9.97. The Bertz CT molecular complexity index is 1060. The van der Waals surface area contributed by atoms with Crippen molar-refractivity contribution in [1.29, 1.82) is 0 Å². The van der Waals surface area contributed by atoms with Crippen molar-refractivity contribution >= 4 is 11.5 Å². The molecule has 2 N–H and O–H groups in total. The summed E-state index contributed by atoms with van der Waals surface area (Å²) in [6.45, 7) is 13.4. The van der Waals surface area contributed by atoms with Crippen molar-refractivity contribution in [3.05, 3.63) is 77.3 Å². The molecule has 1 aliphatic heterocycles. The Balaban J connectivity index is 0.00000129. The second-order valence-corrected chi connectivity index (χ2v) is 8.58. The molecular weight excluding hydrogens is 433 g/mol. The number of fused-ring (bicyclic) bond motifs is 1. The Morgan fingerprint density at radius 1 is 1.35 bits per heavy atom. The zero-order valence-electron chi connectivity index (χ0n) is 20.8. The fourth-order valence-corrected chi connectivity index (χ4v) is 3.47. The minimum Gasteiger partial charge on any atom is -0.394 e. The summed E-state index contributed by atoms with van der Waals surface area (Å²) in [6.07, 6.45) is 8.75. The Kier molecular flexibility index (Phi) is 10.3. The summed E-state index contributed by atoms with van der Waals surface area (Å²) >= 11 is 0. The number of rotatable bonds is 7. The lowest BCUT2D eigenvalue weighted by Crippen LogP contribution is -2.28. The van der Waals surface area contributed by atoms with Crippen LogP contribution in [0, 0.1) is 5.82 Å². The van der Waals surface area contributed by atoms with Crippen molar-refractivity contribution < 1.29 is 14.3 Å². The Hall–Kier alpha value is -3.10. The Morgan fingerprint density at radius 3 is 2.74 bits per heavy atom. The lowest BCUT2D eigenvalue weighted by Gasteiger charge is -2.25. The van der Waals surface area contributed by atoms with Crippen LogP contribution in [0.3, 0.4) is 0 Å². The highest BCUT2D eigenvalue weighted by molar-refractivity contribution is 5.96. The number of carbonyl (C=O) groups is 1. The summed E-state index contributed by atoms with van der Waals surface area (Å²) in [6, 6.07) is 2.95. The van der Waals surface area contributed by atoms with Crippen LogP contribution >= 0.6 is 0 Å². The molecule has 7 nitrogen and oxygen atoms in total. The van der Waals surface area contributed by atoms with Crippen LogP contribution in [0.1, 0.15) is 67.5 Å². The van der Waals surface area contributed by atoms with E-state index in [4.69, 9.17) is 0 Å². The number of benzene rings is 1. The van der Waals surface area contributed by atoms with Crippen molar-refractivity contribution in [3.63, 3.8) is 0 Å². The van der Waals surface area contributed by atoms with Gasteiger partial charge in [0.1, 0.15) is 12.1 Å². The molecule has 2 heterocycles. The van der Waals surface area contributed by atoms with E-state index in [1.54, 1.807) is 35.2 Å². The minimum atomic E-state index is -0.527. The van der Waals surface area contributed by atoms with Gasteiger partial charge >= 0.3 is 0 Å². The quantitative estimate of drug-likeness (QED) is 0.592. The molecule has 1 amide bonds. The molecule has 0 bridgehead atoms. The fraction of sp³-hybridized carbons (Fsp3) is 0.423. The van der Waals surface area contributed by atoms with Gasteiger partial charge in [0.25, 0.3) is 5.91 Å². The fourth-order valence-electron chi connectivity index (χ4n) is 3.47. The number of hydrogen-bond acceptors (Lipinski definition) is 5. The van der Waals surface area contributed by atoms with Gasteiger partial charge < -0.3 is 19.9 Å². The molecule has 1 atom stereocenters. The summed E-state index contributed by atoms with van der Waals surface area (Å²) in [7, 11) is 2.00. The highest BCUT2D eigenvalue weighted by atomic mass is 19.1. The van der Waals surface area contributed by atoms with Crippen LogP contribution < -0.4 is 5.32 Å². The first kappa shape index (κ1) is 27.1. The minimum absolute atomic E-state index is 0.0152. The predicted octanol–water partition coefficient (Wildman–Crippen LogP) is 4.28. The van der Waals surface area contributed by atoms with Crippen LogP contribution in [0.2, 0.25) is 0 Å². The van der Waals surface area contributed by atoms with Crippen LogP contribution in [-0.4, -0.2) is 50.9 Å². The number of aliphatic hydroxyl groups is 1. The second kappa shape index (κ2) is 13.0. The summed E-state index contributed by atoms with van der Waals surface area (Å²) < 4.78 is 16.2. The van der Waals surface area contributed by atoms with Gasteiger partial charge in [-0.3, -0.25) is 4.79 Å². The summed E-state index contributed by atoms with van der Waals surface area (Å²) in [5.41, 5.74) is 3.11. The number of halogens is 1. The molecule has 0 saturated carbocycles. The maximum Gasteiger partial charge on any atom is 0.258 e. The molecule has 184 valence electrons. The lowest BCUT2D eigenvalue weighted by molar-refractivity contribution is 0.0963. The molecule has 0 fully saturated rings. The highest BCUT2D eigenvalue weighted by Crippen LogP contribution is 2.22. The van der Waals surface area contributed by atoms with E-state index in [0.29, 0.717) is 18.1 Å². The van der Waals surface area contributed by atoms with Crippen LogP contribution in [0.25, 0.3) is 5.57 Å². The van der Waals surface area contributed by atoms with Crippen LogP contribution in [0.15, 0.2) is 49.0 Å². The molecule has 3 rings (SSSR count). The zero-order chi connectivity index (χ0) is 25.3. The number of aromatic nitrogens is 3. The average Bonchev–Trinajstić information content (AvgIpc) is 3.29. The normalized spacial score (nSPS) is 14.9. The molecule has 0 aliphatic carbocycles. The standard InChI is InChI=1S/C23H28FN5O2.C3H8/c1-15(22-27-25-14-29(22)17(3)13-30)6-5-7-16(2)26-23(31)20-10-19-12-28(4)9-8-18(19)11-21(20)24;1-3-2/h5-7,10-11,14,17,30H,2,8-9,12-13H2,1,3-4H3,(H,26,31);3H2,1-2H3/b7-5-,15-6+;. The Labute approximate surface area is 201 Å². The third kappa shape index (κ3) is 7.20. The first-order valence-corrected chi connectivity index (χ1v) is 11.6. The molecule has 34 heavy (non-hydrogen) atoms. The summed E-state index contributed by atoms with van der Waals surface area (Å²) in [5, 5.41) is 20.0. The van der Waals surface area contributed by atoms with E-state index in [2.05, 4.69) is 40.8 Å². The van der Waals surface area contributed by atoms with Crippen molar-refractivity contribution in [2.75, 3.05) is 20.2 Å². The smallest absolute Gasteiger partial charge is 0.258 e. The van der Waals surface area contributed by atoms with E-state index in [1.165, 1.54) is 12.5 Å². The van der Waals surface area contributed by atoms with Gasteiger partial charge in [0.05, 0.1) is 18.2 Å². The van der Waals surface area contributed by atoms with Gasteiger partial charge in [-0.15, -0.1) is 10.2 Å². The van der Waals surface area contributed by atoms with Crippen LogP contribution in [0.4, 0.5) is 4.39 Å². The maximum atomic E-state index is 14.5. The van der Waals surface area contributed by atoms with E-state index >= 15 is 0 Å². The SMILES string of the molecule is C=C(/C=C\C=C(/C)c1nncn1C(C)CO)NC(=O)c1cc2c(cc1F)CCN(C)C2.CCC. The highest BCUT2D eigenvalue weighted by Gasteiger charge is 2.19. The number of likely N-dealkylation sites (N-methyl/N-ethyl adjacent to an activating group) is 1. The van der Waals surface area contributed by atoms with Gasteiger partial charge in [-0.05, 0) is 62.2 Å². The number of allylic oxidation sites excluding steroid dienone is 4. The number of amides is 1. The average molecular weight is 470 g/mol. The van der Waals surface area contributed by atoms with E-state index in [-0.39, 0.29) is 18.2 Å². The maximum absolute atomic E-state index is 14.5. The number of hydrogen-bond donors (Lipinski definition) is 2. The summed E-state index contributed by atoms with van der Waals surface area (Å²) in [4.78, 5) is 14.7. The number of nitrogens with zero attached hydrogens (tertiary/aromatic N) is 4. The summed E-state index contributed by atoms with van der Waals surface area (Å²) in [5.74, 6) is -0.409. The molecule has 8 heteroatoms. The molecule has 0 saturated heterocycles. The van der Waals surface area contributed by atoms with Gasteiger partial charge in [0, 0.05) is 18.8 Å². The molecule has 1 aliphatic rings. The molecule has 2 aromatic rings. The monoisotopic (exact) mass is 469 g/mol. The van der Waals surface area contributed by atoms with Gasteiger partial charge in [0.2, 0.25) is 0 Å². The van der Waals surface area contributed by atoms with Crippen molar-refractivity contribution in [3.8, 4) is 0 Å². The van der Waals surface area contributed by atoms with Crippen LogP contribution in [0.5, 0.6) is 0 Å². The Morgan fingerprint density at radius 2 is 2.06 bits per heavy atom. The van der Waals surface area contributed by atoms with Crippen molar-refractivity contribution in [2.45, 2.75) is 53.1 Å². The third-order valence-corrected chi connectivity index (χ3v) is 5.32. The van der Waals surface area contributed by atoms with Gasteiger partial charge in [0.15, 0.2) is 5.82 Å². The second-order valence-electron chi connectivity index (χ2n) is 8.58. The van der Waals surface area contributed by atoms with E-state index < -0.39 is 11.7 Å². The number of nitrogens with one attached hydrogen (secondary N) is 1. The van der Waals surface area contributed by atoms with E-state index in [9.17, 15) is 14.3 Å². The third-order valence-electron chi connectivity index (χ3n) is 5.32. The molecule has 0 radical (unpaired) electrons. The zero-order valence-corrected chi connectivity index (χ0v) is 20.8. The van der Waals surface area contributed by atoms with E-state index in [0.717, 1.165) is 29.7 Å². The van der Waals surface area contributed by atoms with E-state index in [1.807, 2.05) is 20.9 Å². The van der Waals surface area contributed by atoms with Gasteiger partial charge in [-0.1, -0.05) is 39.0 Å². The van der Waals surface area contributed by atoms with Gasteiger partial charge in [-0.25, -0.2) is 4.39 Å².